The summed E-state index contributed by atoms with van der Waals surface area (Å²) in [5.41, 5.74) is 1.41. The molecule has 0 amide bonds. The number of nitrogens with one attached hydrogen (secondary N) is 1. The Hall–Kier alpha value is -0.820. The first kappa shape index (κ1) is 13.2. The van der Waals surface area contributed by atoms with Crippen LogP contribution in [-0.4, -0.2) is 6.54 Å². The topological polar surface area (TPSA) is 12.0 Å². The molecule has 0 bridgehead atoms. The zero-order valence-corrected chi connectivity index (χ0v) is 10.9. The Morgan fingerprint density at radius 1 is 0.938 bits per heavy atom. The van der Waals surface area contributed by atoms with Crippen LogP contribution in [0.25, 0.3) is 0 Å². The predicted octanol–water partition coefficient (Wildman–Crippen LogP) is 4.16. The van der Waals surface area contributed by atoms with Gasteiger partial charge in [0.25, 0.3) is 0 Å². The minimum absolute atomic E-state index is 0.516. The molecular formula is C15H25N. The molecule has 1 nitrogen and oxygen atoms in total. The van der Waals surface area contributed by atoms with Gasteiger partial charge in [0, 0.05) is 6.04 Å². The van der Waals surface area contributed by atoms with Crippen LogP contribution < -0.4 is 5.32 Å². The van der Waals surface area contributed by atoms with Gasteiger partial charge in [-0.15, -0.1) is 0 Å². The van der Waals surface area contributed by atoms with E-state index in [1.54, 1.807) is 0 Å². The lowest BCUT2D eigenvalue weighted by molar-refractivity contribution is 0.406. The third kappa shape index (κ3) is 3.97. The molecule has 1 heteroatoms. The summed E-state index contributed by atoms with van der Waals surface area (Å²) in [5.74, 6) is 0.817. The largest absolute Gasteiger partial charge is 0.310 e. The van der Waals surface area contributed by atoms with Crippen molar-refractivity contribution in [2.24, 2.45) is 5.92 Å². The molecule has 90 valence electrons. The molecule has 0 aliphatic rings. The first-order valence-corrected chi connectivity index (χ1v) is 6.60. The van der Waals surface area contributed by atoms with Crippen molar-refractivity contribution in [1.82, 2.24) is 5.32 Å². The first-order chi connectivity index (χ1) is 7.81. The van der Waals surface area contributed by atoms with Crippen LogP contribution >= 0.6 is 0 Å². The molecule has 1 N–H and O–H groups in total. The van der Waals surface area contributed by atoms with Crippen LogP contribution in [0.2, 0.25) is 0 Å². The Morgan fingerprint density at radius 2 is 1.56 bits per heavy atom. The van der Waals surface area contributed by atoms with Gasteiger partial charge >= 0.3 is 0 Å². The molecule has 16 heavy (non-hydrogen) atoms. The van der Waals surface area contributed by atoms with Gasteiger partial charge in [0.05, 0.1) is 0 Å². The van der Waals surface area contributed by atoms with Crippen LogP contribution in [0.3, 0.4) is 0 Å². The smallest absolute Gasteiger partial charge is 0.0317 e. The predicted molar refractivity (Wildman–Crippen MR) is 71.5 cm³/mol. The molecule has 0 saturated heterocycles. The maximum Gasteiger partial charge on any atom is 0.0317 e. The summed E-state index contributed by atoms with van der Waals surface area (Å²) in [5, 5.41) is 3.69. The van der Waals surface area contributed by atoms with E-state index in [-0.39, 0.29) is 0 Å². The third-order valence-electron chi connectivity index (χ3n) is 3.42. The lowest BCUT2D eigenvalue weighted by Gasteiger charge is -2.21. The zero-order chi connectivity index (χ0) is 11.8. The maximum atomic E-state index is 3.69. The van der Waals surface area contributed by atoms with Gasteiger partial charge < -0.3 is 5.32 Å². The van der Waals surface area contributed by atoms with E-state index in [0.717, 1.165) is 18.9 Å². The fraction of sp³-hybridized carbons (Fsp3) is 0.600. The molecule has 1 aromatic carbocycles. The molecule has 0 spiro atoms. The summed E-state index contributed by atoms with van der Waals surface area (Å²) in [6.45, 7) is 7.94. The van der Waals surface area contributed by atoms with E-state index in [4.69, 9.17) is 0 Å². The normalized spacial score (nSPS) is 13.0. The van der Waals surface area contributed by atoms with Crippen LogP contribution in [0.4, 0.5) is 0 Å². The first-order valence-electron chi connectivity index (χ1n) is 6.60. The highest BCUT2D eigenvalue weighted by atomic mass is 14.9. The average molecular weight is 219 g/mol. The second-order valence-electron chi connectivity index (χ2n) is 4.46. The lowest BCUT2D eigenvalue weighted by Crippen LogP contribution is -2.26. The van der Waals surface area contributed by atoms with E-state index < -0.39 is 0 Å². The average Bonchev–Trinajstić information content (AvgIpc) is 2.36. The summed E-state index contributed by atoms with van der Waals surface area (Å²) >= 11 is 0. The fourth-order valence-corrected chi connectivity index (χ4v) is 2.07. The molecule has 1 aromatic rings. The standard InChI is InChI=1S/C15H25N/c1-4-13(5-2)12-16-15(6-3)14-10-8-7-9-11-14/h7-11,13,15-16H,4-6,12H2,1-3H3. The van der Waals surface area contributed by atoms with Crippen molar-refractivity contribution in [1.29, 1.82) is 0 Å². The van der Waals surface area contributed by atoms with Crippen molar-refractivity contribution in [3.8, 4) is 0 Å². The lowest BCUT2D eigenvalue weighted by atomic mass is 10.0. The van der Waals surface area contributed by atoms with E-state index >= 15 is 0 Å². The van der Waals surface area contributed by atoms with Crippen LogP contribution in [-0.2, 0) is 0 Å². The van der Waals surface area contributed by atoms with Gasteiger partial charge in [-0.3, -0.25) is 0 Å². The molecule has 0 aliphatic heterocycles. The van der Waals surface area contributed by atoms with Crippen LogP contribution in [0.15, 0.2) is 30.3 Å². The second-order valence-corrected chi connectivity index (χ2v) is 4.46. The summed E-state index contributed by atoms with van der Waals surface area (Å²) in [4.78, 5) is 0. The molecule has 0 radical (unpaired) electrons. The molecule has 0 heterocycles. The minimum Gasteiger partial charge on any atom is -0.310 e. The second kappa shape index (κ2) is 7.45. The Balaban J connectivity index is 2.50. The molecular weight excluding hydrogens is 194 g/mol. The van der Waals surface area contributed by atoms with Crippen molar-refractivity contribution >= 4 is 0 Å². The summed E-state index contributed by atoms with van der Waals surface area (Å²) in [7, 11) is 0. The van der Waals surface area contributed by atoms with Crippen molar-refractivity contribution in [2.45, 2.75) is 46.1 Å². The Morgan fingerprint density at radius 3 is 2.06 bits per heavy atom. The highest BCUT2D eigenvalue weighted by molar-refractivity contribution is 5.18. The van der Waals surface area contributed by atoms with Crippen LogP contribution in [0, 0.1) is 5.92 Å². The van der Waals surface area contributed by atoms with E-state index in [9.17, 15) is 0 Å². The summed E-state index contributed by atoms with van der Waals surface area (Å²) < 4.78 is 0. The quantitative estimate of drug-likeness (QED) is 0.726. The molecule has 0 saturated carbocycles. The third-order valence-corrected chi connectivity index (χ3v) is 3.42. The fourth-order valence-electron chi connectivity index (χ4n) is 2.07. The zero-order valence-electron chi connectivity index (χ0n) is 10.9. The van der Waals surface area contributed by atoms with Gasteiger partial charge in [-0.1, -0.05) is 63.9 Å². The van der Waals surface area contributed by atoms with E-state index in [1.165, 1.54) is 18.4 Å². The van der Waals surface area contributed by atoms with E-state index in [1.807, 2.05) is 0 Å². The van der Waals surface area contributed by atoms with Crippen molar-refractivity contribution < 1.29 is 0 Å². The van der Waals surface area contributed by atoms with Gasteiger partial charge in [-0.2, -0.15) is 0 Å². The van der Waals surface area contributed by atoms with Crippen LogP contribution in [0.1, 0.15) is 51.6 Å². The molecule has 0 aromatic heterocycles. The van der Waals surface area contributed by atoms with Gasteiger partial charge in [0.2, 0.25) is 0 Å². The van der Waals surface area contributed by atoms with Gasteiger partial charge in [0.15, 0.2) is 0 Å². The number of rotatable bonds is 7. The highest BCUT2D eigenvalue weighted by Gasteiger charge is 2.10. The SMILES string of the molecule is CCC(CC)CNC(CC)c1ccccc1. The Kier molecular flexibility index (Phi) is 6.17. The van der Waals surface area contributed by atoms with Crippen molar-refractivity contribution in [3.05, 3.63) is 35.9 Å². The van der Waals surface area contributed by atoms with Crippen molar-refractivity contribution in [3.63, 3.8) is 0 Å². The number of benzene rings is 1. The summed E-state index contributed by atoms with van der Waals surface area (Å²) in [6, 6.07) is 11.3. The van der Waals surface area contributed by atoms with Gasteiger partial charge in [0.1, 0.15) is 0 Å². The Labute approximate surface area is 100 Å². The van der Waals surface area contributed by atoms with Crippen LogP contribution in [0.5, 0.6) is 0 Å². The molecule has 1 atom stereocenters. The summed E-state index contributed by atoms with van der Waals surface area (Å²) in [6.07, 6.45) is 3.70. The van der Waals surface area contributed by atoms with Gasteiger partial charge in [-0.25, -0.2) is 0 Å². The molecule has 0 fully saturated rings. The monoisotopic (exact) mass is 219 g/mol. The minimum atomic E-state index is 0.516. The molecule has 1 unspecified atom stereocenters. The molecule has 1 rings (SSSR count). The highest BCUT2D eigenvalue weighted by Crippen LogP contribution is 2.17. The van der Waals surface area contributed by atoms with E-state index in [0.29, 0.717) is 6.04 Å². The number of hydrogen-bond donors (Lipinski definition) is 1. The van der Waals surface area contributed by atoms with Gasteiger partial charge in [-0.05, 0) is 24.4 Å². The number of hydrogen-bond acceptors (Lipinski definition) is 1. The Bertz CT molecular complexity index is 264. The van der Waals surface area contributed by atoms with Crippen molar-refractivity contribution in [2.75, 3.05) is 6.54 Å². The van der Waals surface area contributed by atoms with E-state index in [2.05, 4.69) is 56.4 Å². The maximum absolute atomic E-state index is 3.69. The molecule has 0 aliphatic carbocycles.